The number of benzene rings is 1. The molecule has 2 fully saturated rings. The van der Waals surface area contributed by atoms with Gasteiger partial charge >= 0.3 is 0 Å². The number of rotatable bonds is 4. The molecular weight excluding hydrogens is 382 g/mol. The van der Waals surface area contributed by atoms with E-state index in [0.717, 1.165) is 52.8 Å². The van der Waals surface area contributed by atoms with Crippen molar-refractivity contribution in [3.8, 4) is 16.3 Å². The van der Waals surface area contributed by atoms with Gasteiger partial charge in [-0.3, -0.25) is 4.79 Å². The highest BCUT2D eigenvalue weighted by Crippen LogP contribution is 2.35. The van der Waals surface area contributed by atoms with E-state index in [1.165, 1.54) is 50.1 Å². The van der Waals surface area contributed by atoms with Gasteiger partial charge in [0.05, 0.1) is 18.4 Å². The molecular formula is C23H31N3O2S. The minimum absolute atomic E-state index is 0.135. The van der Waals surface area contributed by atoms with Crippen LogP contribution in [0.5, 0.6) is 5.75 Å². The number of para-hydroxylation sites is 1. The molecule has 0 N–H and O–H groups in total. The Morgan fingerprint density at radius 2 is 1.76 bits per heavy atom. The smallest absolute Gasteiger partial charge is 0.265 e. The summed E-state index contributed by atoms with van der Waals surface area (Å²) in [6.07, 6.45) is 7.56. The molecule has 0 radical (unpaired) electrons. The molecule has 0 bridgehead atoms. The van der Waals surface area contributed by atoms with Crippen molar-refractivity contribution >= 4 is 17.2 Å². The van der Waals surface area contributed by atoms with E-state index in [-0.39, 0.29) is 5.91 Å². The van der Waals surface area contributed by atoms with Gasteiger partial charge in [-0.1, -0.05) is 25.0 Å². The van der Waals surface area contributed by atoms with Crippen molar-refractivity contribution < 1.29 is 9.53 Å². The zero-order valence-corrected chi connectivity index (χ0v) is 18.3. The number of amides is 1. The molecule has 156 valence electrons. The van der Waals surface area contributed by atoms with Crippen molar-refractivity contribution in [2.45, 2.75) is 51.5 Å². The lowest BCUT2D eigenvalue weighted by atomic mass is 10.0. The predicted molar refractivity (Wildman–Crippen MR) is 118 cm³/mol. The maximum atomic E-state index is 13.2. The number of nitrogens with zero attached hydrogens (tertiary/aromatic N) is 3. The van der Waals surface area contributed by atoms with E-state index in [4.69, 9.17) is 4.74 Å². The molecule has 29 heavy (non-hydrogen) atoms. The van der Waals surface area contributed by atoms with Gasteiger partial charge in [0.15, 0.2) is 0 Å². The van der Waals surface area contributed by atoms with E-state index in [2.05, 4.69) is 9.88 Å². The second kappa shape index (κ2) is 9.26. The Bertz CT molecular complexity index is 834. The summed E-state index contributed by atoms with van der Waals surface area (Å²) in [6.45, 7) is 6.10. The molecule has 4 rings (SSSR count). The van der Waals surface area contributed by atoms with Crippen molar-refractivity contribution in [2.24, 2.45) is 0 Å². The Hall–Kier alpha value is -1.92. The third kappa shape index (κ3) is 4.48. The SMILES string of the molecule is COc1ccccc1-c1nc(C)c(C(=O)N2CCC(N3CCCCCC3)CC2)s1. The Kier molecular flexibility index (Phi) is 6.50. The van der Waals surface area contributed by atoms with Crippen LogP contribution in [-0.2, 0) is 0 Å². The van der Waals surface area contributed by atoms with Gasteiger partial charge in [0.25, 0.3) is 5.91 Å². The molecule has 1 amide bonds. The molecule has 0 unspecified atom stereocenters. The minimum atomic E-state index is 0.135. The van der Waals surface area contributed by atoms with Gasteiger partial charge in [-0.05, 0) is 57.8 Å². The molecule has 2 aliphatic heterocycles. The molecule has 5 nitrogen and oxygen atoms in total. The summed E-state index contributed by atoms with van der Waals surface area (Å²) in [7, 11) is 1.67. The number of likely N-dealkylation sites (tertiary alicyclic amines) is 2. The van der Waals surface area contributed by atoms with Crippen LogP contribution in [0.3, 0.4) is 0 Å². The van der Waals surface area contributed by atoms with Crippen molar-refractivity contribution in [3.05, 3.63) is 34.8 Å². The highest BCUT2D eigenvalue weighted by Gasteiger charge is 2.29. The van der Waals surface area contributed by atoms with Crippen LogP contribution in [0.1, 0.15) is 53.9 Å². The van der Waals surface area contributed by atoms with Crippen LogP contribution in [-0.4, -0.2) is 60.0 Å². The lowest BCUT2D eigenvalue weighted by Gasteiger charge is -2.38. The zero-order valence-electron chi connectivity index (χ0n) is 17.5. The van der Waals surface area contributed by atoms with Gasteiger partial charge in [0, 0.05) is 19.1 Å². The van der Waals surface area contributed by atoms with Gasteiger partial charge in [-0.2, -0.15) is 0 Å². The first-order valence-corrected chi connectivity index (χ1v) is 11.6. The summed E-state index contributed by atoms with van der Waals surface area (Å²) in [5.74, 6) is 0.925. The Morgan fingerprint density at radius 1 is 1.07 bits per heavy atom. The fourth-order valence-electron chi connectivity index (χ4n) is 4.57. The molecule has 1 aromatic carbocycles. The summed E-state index contributed by atoms with van der Waals surface area (Å²) < 4.78 is 5.47. The van der Waals surface area contributed by atoms with Gasteiger partial charge in [-0.15, -0.1) is 11.3 Å². The largest absolute Gasteiger partial charge is 0.496 e. The van der Waals surface area contributed by atoms with Crippen LogP contribution < -0.4 is 4.74 Å². The van der Waals surface area contributed by atoms with Crippen molar-refractivity contribution in [3.63, 3.8) is 0 Å². The van der Waals surface area contributed by atoms with E-state index in [9.17, 15) is 4.79 Å². The normalized spacial score (nSPS) is 19.2. The van der Waals surface area contributed by atoms with E-state index in [1.54, 1.807) is 7.11 Å². The number of piperidine rings is 1. The quantitative estimate of drug-likeness (QED) is 0.734. The predicted octanol–water partition coefficient (Wildman–Crippen LogP) is 4.61. The molecule has 3 heterocycles. The van der Waals surface area contributed by atoms with Crippen LogP contribution in [0.25, 0.3) is 10.6 Å². The highest BCUT2D eigenvalue weighted by atomic mass is 32.1. The molecule has 2 aliphatic rings. The Balaban J connectivity index is 1.43. The monoisotopic (exact) mass is 413 g/mol. The summed E-state index contributed by atoms with van der Waals surface area (Å²) in [5.41, 5.74) is 1.76. The first-order chi connectivity index (χ1) is 14.2. The number of aryl methyl sites for hydroxylation is 1. The molecule has 0 saturated carbocycles. The van der Waals surface area contributed by atoms with Crippen molar-refractivity contribution in [1.82, 2.24) is 14.8 Å². The Morgan fingerprint density at radius 3 is 2.45 bits per heavy atom. The maximum absolute atomic E-state index is 13.2. The van der Waals surface area contributed by atoms with Crippen molar-refractivity contribution in [2.75, 3.05) is 33.3 Å². The molecule has 6 heteroatoms. The fraction of sp³-hybridized carbons (Fsp3) is 0.565. The number of thiazole rings is 1. The third-order valence-corrected chi connectivity index (χ3v) is 7.42. The standard InChI is InChI=1S/C23H31N3O2S/c1-17-21(29-22(24-17)19-9-5-6-10-20(19)28-2)23(27)26-15-11-18(12-16-26)25-13-7-3-4-8-14-25/h5-6,9-10,18H,3-4,7-8,11-16H2,1-2H3. The first kappa shape index (κ1) is 20.4. The number of carbonyl (C=O) groups excluding carboxylic acids is 1. The first-order valence-electron chi connectivity index (χ1n) is 10.8. The van der Waals surface area contributed by atoms with E-state index >= 15 is 0 Å². The van der Waals surface area contributed by atoms with E-state index in [1.807, 2.05) is 36.1 Å². The van der Waals surface area contributed by atoms with Gasteiger partial charge < -0.3 is 14.5 Å². The molecule has 0 aliphatic carbocycles. The van der Waals surface area contributed by atoms with Crippen LogP contribution in [0.15, 0.2) is 24.3 Å². The van der Waals surface area contributed by atoms with Crippen LogP contribution in [0.4, 0.5) is 0 Å². The number of hydrogen-bond acceptors (Lipinski definition) is 5. The third-order valence-electron chi connectivity index (χ3n) is 6.24. The lowest BCUT2D eigenvalue weighted by molar-refractivity contribution is 0.0626. The molecule has 0 atom stereocenters. The van der Waals surface area contributed by atoms with Gasteiger partial charge in [-0.25, -0.2) is 4.98 Å². The summed E-state index contributed by atoms with van der Waals surface area (Å²) in [5, 5.41) is 0.850. The molecule has 0 spiro atoms. The summed E-state index contributed by atoms with van der Waals surface area (Å²) in [6, 6.07) is 8.50. The topological polar surface area (TPSA) is 45.7 Å². The highest BCUT2D eigenvalue weighted by molar-refractivity contribution is 7.17. The van der Waals surface area contributed by atoms with Gasteiger partial charge in [0.2, 0.25) is 0 Å². The number of aromatic nitrogens is 1. The van der Waals surface area contributed by atoms with E-state index < -0.39 is 0 Å². The fourth-order valence-corrected chi connectivity index (χ4v) is 5.63. The van der Waals surface area contributed by atoms with Crippen LogP contribution in [0, 0.1) is 6.92 Å². The number of ether oxygens (including phenoxy) is 1. The van der Waals surface area contributed by atoms with Crippen LogP contribution in [0.2, 0.25) is 0 Å². The number of hydrogen-bond donors (Lipinski definition) is 0. The van der Waals surface area contributed by atoms with Crippen molar-refractivity contribution in [1.29, 1.82) is 0 Å². The number of methoxy groups -OCH3 is 1. The summed E-state index contributed by atoms with van der Waals surface area (Å²) in [4.78, 5) is 23.4. The molecule has 2 aromatic rings. The minimum Gasteiger partial charge on any atom is -0.496 e. The van der Waals surface area contributed by atoms with Gasteiger partial charge in [0.1, 0.15) is 15.6 Å². The summed E-state index contributed by atoms with van der Waals surface area (Å²) >= 11 is 1.48. The zero-order chi connectivity index (χ0) is 20.2. The lowest BCUT2D eigenvalue weighted by Crippen LogP contribution is -2.47. The van der Waals surface area contributed by atoms with E-state index in [0.29, 0.717) is 6.04 Å². The second-order valence-corrected chi connectivity index (χ2v) is 9.11. The molecule has 2 saturated heterocycles. The average molecular weight is 414 g/mol. The number of carbonyl (C=O) groups is 1. The second-order valence-electron chi connectivity index (χ2n) is 8.11. The van der Waals surface area contributed by atoms with Crippen LogP contribution >= 0.6 is 11.3 Å². The average Bonchev–Trinajstić information content (AvgIpc) is 2.96. The maximum Gasteiger partial charge on any atom is 0.265 e. The Labute approximate surface area is 177 Å². The molecule has 1 aromatic heterocycles.